The highest BCUT2D eigenvalue weighted by atomic mass is 32.2. The van der Waals surface area contributed by atoms with E-state index in [2.05, 4.69) is 0 Å². The molecule has 1 aliphatic rings. The second-order valence-corrected chi connectivity index (χ2v) is 9.81. The Labute approximate surface area is 126 Å². The van der Waals surface area contributed by atoms with Crippen molar-refractivity contribution in [2.45, 2.75) is 77.6 Å². The van der Waals surface area contributed by atoms with E-state index in [1.807, 2.05) is 41.5 Å². The molecule has 1 saturated heterocycles. The molecule has 4 nitrogen and oxygen atoms in total. The zero-order chi connectivity index (χ0) is 16.0. The SMILES string of the molecule is CC(C)(C)SC(=O)[C@]1(C(C)(C)O)CO[C@@H](C(C)(C)C)O1. The number of rotatable bonds is 2. The molecule has 1 N–H and O–H groups in total. The van der Waals surface area contributed by atoms with E-state index in [-0.39, 0.29) is 21.9 Å². The summed E-state index contributed by atoms with van der Waals surface area (Å²) < 4.78 is 11.4. The predicted molar refractivity (Wildman–Crippen MR) is 81.7 cm³/mol. The zero-order valence-electron chi connectivity index (χ0n) is 13.9. The number of aliphatic hydroxyl groups is 1. The summed E-state index contributed by atoms with van der Waals surface area (Å²) in [6, 6.07) is 0. The number of carbonyl (C=O) groups excluding carboxylic acids is 1. The summed E-state index contributed by atoms with van der Waals surface area (Å²) in [6.45, 7) is 15.1. The van der Waals surface area contributed by atoms with Gasteiger partial charge < -0.3 is 14.6 Å². The number of ether oxygens (including phenoxy) is 2. The Morgan fingerprint density at radius 2 is 1.65 bits per heavy atom. The first-order valence-electron chi connectivity index (χ1n) is 6.94. The van der Waals surface area contributed by atoms with Crippen molar-refractivity contribution in [1.82, 2.24) is 0 Å². The molecule has 1 fully saturated rings. The molecule has 0 unspecified atom stereocenters. The van der Waals surface area contributed by atoms with Crippen LogP contribution in [0.1, 0.15) is 55.4 Å². The van der Waals surface area contributed by atoms with Crippen molar-refractivity contribution in [3.05, 3.63) is 0 Å². The maximum absolute atomic E-state index is 12.7. The van der Waals surface area contributed by atoms with E-state index in [0.717, 1.165) is 0 Å². The van der Waals surface area contributed by atoms with Gasteiger partial charge in [-0.25, -0.2) is 0 Å². The maximum atomic E-state index is 12.7. The van der Waals surface area contributed by atoms with E-state index in [1.165, 1.54) is 11.8 Å². The average Bonchev–Trinajstić information content (AvgIpc) is 2.57. The smallest absolute Gasteiger partial charge is 0.226 e. The van der Waals surface area contributed by atoms with Crippen LogP contribution in [0.25, 0.3) is 0 Å². The third kappa shape index (κ3) is 3.75. The highest BCUT2D eigenvalue weighted by molar-refractivity contribution is 8.14. The van der Waals surface area contributed by atoms with Crippen LogP contribution in [0.4, 0.5) is 0 Å². The summed E-state index contributed by atoms with van der Waals surface area (Å²) in [6.07, 6.45) is -0.501. The van der Waals surface area contributed by atoms with E-state index >= 15 is 0 Å². The van der Waals surface area contributed by atoms with Gasteiger partial charge in [-0.1, -0.05) is 53.3 Å². The van der Waals surface area contributed by atoms with Crippen LogP contribution in [-0.2, 0) is 14.3 Å². The van der Waals surface area contributed by atoms with E-state index in [0.29, 0.717) is 0 Å². The molecule has 118 valence electrons. The first-order chi connectivity index (χ1) is 8.69. The molecule has 20 heavy (non-hydrogen) atoms. The third-order valence-corrected chi connectivity index (χ3v) is 4.30. The largest absolute Gasteiger partial charge is 0.387 e. The highest BCUT2D eigenvalue weighted by Crippen LogP contribution is 2.44. The van der Waals surface area contributed by atoms with Gasteiger partial charge in [0.25, 0.3) is 0 Å². The summed E-state index contributed by atoms with van der Waals surface area (Å²) >= 11 is 1.19. The van der Waals surface area contributed by atoms with Gasteiger partial charge >= 0.3 is 0 Å². The minimum atomic E-state index is -1.32. The lowest BCUT2D eigenvalue weighted by Gasteiger charge is -2.38. The van der Waals surface area contributed by atoms with E-state index < -0.39 is 17.5 Å². The normalized spacial score (nSPS) is 28.8. The van der Waals surface area contributed by atoms with Crippen molar-refractivity contribution in [2.75, 3.05) is 6.61 Å². The van der Waals surface area contributed by atoms with Crippen molar-refractivity contribution in [3.63, 3.8) is 0 Å². The lowest BCUT2D eigenvalue weighted by Crippen LogP contribution is -2.58. The summed E-state index contributed by atoms with van der Waals surface area (Å²) in [7, 11) is 0. The number of carbonyl (C=O) groups is 1. The molecular formula is C15H28O4S. The Bertz CT molecular complexity index is 373. The molecular weight excluding hydrogens is 276 g/mol. The molecule has 1 aliphatic heterocycles. The Morgan fingerprint density at radius 1 is 1.15 bits per heavy atom. The number of hydrogen-bond donors (Lipinski definition) is 1. The Balaban J connectivity index is 3.07. The van der Waals surface area contributed by atoms with Crippen LogP contribution in [0.3, 0.4) is 0 Å². The molecule has 0 saturated carbocycles. The van der Waals surface area contributed by atoms with Crippen LogP contribution >= 0.6 is 11.8 Å². The maximum Gasteiger partial charge on any atom is 0.226 e. The van der Waals surface area contributed by atoms with Crippen molar-refractivity contribution >= 4 is 16.9 Å². The summed E-state index contributed by atoms with van der Waals surface area (Å²) in [5.74, 6) is 0. The third-order valence-electron chi connectivity index (χ3n) is 3.17. The number of thioether (sulfide) groups is 1. The van der Waals surface area contributed by atoms with Crippen LogP contribution in [-0.4, -0.2) is 39.1 Å². The Hall–Kier alpha value is -0.100. The summed E-state index contributed by atoms with van der Waals surface area (Å²) in [4.78, 5) is 12.7. The van der Waals surface area contributed by atoms with Crippen LogP contribution in [0.5, 0.6) is 0 Å². The topological polar surface area (TPSA) is 55.8 Å². The van der Waals surface area contributed by atoms with E-state index in [1.54, 1.807) is 13.8 Å². The molecule has 0 aromatic carbocycles. The second-order valence-electron chi connectivity index (χ2n) is 8.01. The fraction of sp³-hybridized carbons (Fsp3) is 0.933. The molecule has 0 aromatic heterocycles. The van der Waals surface area contributed by atoms with Crippen LogP contribution < -0.4 is 0 Å². The monoisotopic (exact) mass is 304 g/mol. The van der Waals surface area contributed by atoms with E-state index in [9.17, 15) is 9.90 Å². The van der Waals surface area contributed by atoms with Gasteiger partial charge in [-0.15, -0.1) is 0 Å². The second kappa shape index (κ2) is 5.27. The van der Waals surface area contributed by atoms with Gasteiger partial charge in [0.1, 0.15) is 0 Å². The van der Waals surface area contributed by atoms with Gasteiger partial charge in [0, 0.05) is 10.2 Å². The van der Waals surface area contributed by atoms with Crippen LogP contribution in [0.2, 0.25) is 0 Å². The minimum absolute atomic E-state index is 0.0837. The fourth-order valence-corrected chi connectivity index (χ4v) is 2.99. The first kappa shape index (κ1) is 18.0. The fourth-order valence-electron chi connectivity index (χ4n) is 1.91. The van der Waals surface area contributed by atoms with Gasteiger partial charge in [0.15, 0.2) is 11.9 Å². The molecule has 0 amide bonds. The van der Waals surface area contributed by atoms with Crippen molar-refractivity contribution < 1.29 is 19.4 Å². The predicted octanol–water partition coefficient (Wildman–Crippen LogP) is 2.97. The molecule has 1 rings (SSSR count). The Kier molecular flexibility index (Phi) is 4.73. The summed E-state index contributed by atoms with van der Waals surface area (Å²) in [5, 5.41) is 10.3. The molecule has 5 heteroatoms. The van der Waals surface area contributed by atoms with Gasteiger partial charge in [-0.3, -0.25) is 4.79 Å². The quantitative estimate of drug-likeness (QED) is 0.850. The molecule has 0 radical (unpaired) electrons. The molecule has 0 aromatic rings. The lowest BCUT2D eigenvalue weighted by molar-refractivity contribution is -0.191. The highest BCUT2D eigenvalue weighted by Gasteiger charge is 2.59. The van der Waals surface area contributed by atoms with Crippen molar-refractivity contribution in [3.8, 4) is 0 Å². The lowest BCUT2D eigenvalue weighted by atomic mass is 9.87. The first-order valence-corrected chi connectivity index (χ1v) is 7.76. The van der Waals surface area contributed by atoms with Crippen molar-refractivity contribution in [1.29, 1.82) is 0 Å². The standard InChI is InChI=1S/C15H28O4S/c1-12(2,3)11-18-9-15(19-11,14(7,8)17)10(16)20-13(4,5)6/h11,17H,9H2,1-8H3/t11-,15+/m1/s1. The molecule has 0 aliphatic carbocycles. The Morgan fingerprint density at radius 3 is 1.95 bits per heavy atom. The van der Waals surface area contributed by atoms with Gasteiger partial charge in [-0.05, 0) is 13.8 Å². The van der Waals surface area contributed by atoms with Gasteiger partial charge in [0.05, 0.1) is 12.2 Å². The van der Waals surface area contributed by atoms with Crippen molar-refractivity contribution in [2.24, 2.45) is 5.41 Å². The molecule has 2 atom stereocenters. The average molecular weight is 304 g/mol. The number of hydrogen-bond acceptors (Lipinski definition) is 5. The van der Waals surface area contributed by atoms with Crippen LogP contribution in [0.15, 0.2) is 0 Å². The minimum Gasteiger partial charge on any atom is -0.387 e. The van der Waals surface area contributed by atoms with E-state index in [4.69, 9.17) is 9.47 Å². The zero-order valence-corrected chi connectivity index (χ0v) is 14.7. The van der Waals surface area contributed by atoms with Crippen LogP contribution in [0, 0.1) is 5.41 Å². The molecule has 1 heterocycles. The van der Waals surface area contributed by atoms with Gasteiger partial charge in [0.2, 0.25) is 5.12 Å². The molecule has 0 spiro atoms. The molecule has 0 bridgehead atoms. The van der Waals surface area contributed by atoms with Gasteiger partial charge in [-0.2, -0.15) is 0 Å². The summed E-state index contributed by atoms with van der Waals surface area (Å²) in [5.41, 5.74) is -2.87.